The van der Waals surface area contributed by atoms with Crippen LogP contribution in [0.15, 0.2) is 59.5 Å². The second kappa shape index (κ2) is 8.84. The molecule has 1 atom stereocenters. The van der Waals surface area contributed by atoms with Crippen LogP contribution in [0.4, 0.5) is 11.4 Å². The maximum Gasteiger partial charge on any atom is 0.319 e. The van der Waals surface area contributed by atoms with Crippen molar-refractivity contribution in [1.29, 1.82) is 0 Å². The van der Waals surface area contributed by atoms with Gasteiger partial charge in [-0.3, -0.25) is 19.7 Å². The van der Waals surface area contributed by atoms with Crippen molar-refractivity contribution in [2.75, 3.05) is 11.9 Å². The van der Waals surface area contributed by atoms with Crippen LogP contribution in [0.3, 0.4) is 0 Å². The number of thioether (sulfide) groups is 1. The van der Waals surface area contributed by atoms with E-state index < -0.39 is 28.7 Å². The number of amides is 1. The molecule has 0 spiro atoms. The van der Waals surface area contributed by atoms with Gasteiger partial charge in [-0.15, -0.1) is 11.8 Å². The van der Waals surface area contributed by atoms with E-state index in [0.29, 0.717) is 0 Å². The van der Waals surface area contributed by atoms with Gasteiger partial charge in [0.15, 0.2) is 6.61 Å². The molecule has 0 saturated heterocycles. The SMILES string of the molecule is C[C@H](Sc1ccccc1)C(=O)OCC(=O)Nc1cccc([N+](=O)[O-])c1. The van der Waals surface area contributed by atoms with Crippen LogP contribution in [0.2, 0.25) is 0 Å². The van der Waals surface area contributed by atoms with Gasteiger partial charge < -0.3 is 10.1 Å². The molecule has 0 aromatic heterocycles. The van der Waals surface area contributed by atoms with Crippen LogP contribution in [0.5, 0.6) is 0 Å². The summed E-state index contributed by atoms with van der Waals surface area (Å²) in [6.07, 6.45) is 0. The van der Waals surface area contributed by atoms with Crippen LogP contribution >= 0.6 is 11.8 Å². The first kappa shape index (κ1) is 18.5. The Morgan fingerprint density at radius 2 is 1.92 bits per heavy atom. The summed E-state index contributed by atoms with van der Waals surface area (Å²) in [5.74, 6) is -1.08. The number of hydrogen-bond acceptors (Lipinski definition) is 6. The van der Waals surface area contributed by atoms with Crippen molar-refractivity contribution < 1.29 is 19.2 Å². The zero-order chi connectivity index (χ0) is 18.2. The Balaban J connectivity index is 1.82. The summed E-state index contributed by atoms with van der Waals surface area (Å²) in [6, 6.07) is 14.9. The normalized spacial score (nSPS) is 11.4. The number of carbonyl (C=O) groups excluding carboxylic acids is 2. The molecular weight excluding hydrogens is 344 g/mol. The fraction of sp³-hybridized carbons (Fsp3) is 0.176. The Hall–Kier alpha value is -2.87. The van der Waals surface area contributed by atoms with E-state index in [1.807, 2.05) is 30.3 Å². The number of carbonyl (C=O) groups is 2. The van der Waals surface area contributed by atoms with Gasteiger partial charge in [0.2, 0.25) is 0 Å². The minimum Gasteiger partial charge on any atom is -0.455 e. The van der Waals surface area contributed by atoms with Crippen LogP contribution in [0.1, 0.15) is 6.92 Å². The second-order valence-electron chi connectivity index (χ2n) is 5.04. The third kappa shape index (κ3) is 5.92. The molecule has 0 aliphatic carbocycles. The van der Waals surface area contributed by atoms with Gasteiger partial charge in [0, 0.05) is 22.7 Å². The van der Waals surface area contributed by atoms with Crippen molar-refractivity contribution >= 4 is 35.0 Å². The predicted molar refractivity (Wildman–Crippen MR) is 94.4 cm³/mol. The van der Waals surface area contributed by atoms with Crippen molar-refractivity contribution in [2.24, 2.45) is 0 Å². The predicted octanol–water partition coefficient (Wildman–Crippen LogP) is 3.26. The van der Waals surface area contributed by atoms with E-state index in [9.17, 15) is 19.7 Å². The molecule has 0 fully saturated rings. The summed E-state index contributed by atoms with van der Waals surface area (Å²) in [5, 5.41) is 12.7. The van der Waals surface area contributed by atoms with Crippen molar-refractivity contribution in [3.8, 4) is 0 Å². The lowest BCUT2D eigenvalue weighted by atomic mass is 10.3. The zero-order valence-electron chi connectivity index (χ0n) is 13.4. The first-order valence-electron chi connectivity index (χ1n) is 7.38. The summed E-state index contributed by atoms with van der Waals surface area (Å²) in [5.41, 5.74) is 0.129. The lowest BCUT2D eigenvalue weighted by Gasteiger charge is -2.11. The van der Waals surface area contributed by atoms with E-state index in [1.54, 1.807) is 6.92 Å². The van der Waals surface area contributed by atoms with Gasteiger partial charge >= 0.3 is 5.97 Å². The number of nitrogens with one attached hydrogen (secondary N) is 1. The lowest BCUT2D eigenvalue weighted by molar-refractivity contribution is -0.384. The number of nitro groups is 1. The Labute approximate surface area is 148 Å². The first-order valence-corrected chi connectivity index (χ1v) is 8.26. The summed E-state index contributed by atoms with van der Waals surface area (Å²) in [6.45, 7) is 1.24. The van der Waals surface area contributed by atoms with E-state index in [4.69, 9.17) is 4.74 Å². The molecule has 25 heavy (non-hydrogen) atoms. The topological polar surface area (TPSA) is 98.5 Å². The molecule has 1 amide bonds. The molecular formula is C17H16N2O5S. The van der Waals surface area contributed by atoms with Crippen LogP contribution in [-0.4, -0.2) is 28.7 Å². The highest BCUT2D eigenvalue weighted by atomic mass is 32.2. The molecule has 130 valence electrons. The fourth-order valence-electron chi connectivity index (χ4n) is 1.90. The van der Waals surface area contributed by atoms with Gasteiger partial charge in [0.1, 0.15) is 5.25 Å². The summed E-state index contributed by atoms with van der Waals surface area (Å²) in [4.78, 5) is 34.8. The van der Waals surface area contributed by atoms with Crippen LogP contribution in [0.25, 0.3) is 0 Å². The molecule has 0 saturated carbocycles. The maximum absolute atomic E-state index is 11.9. The fourth-order valence-corrected chi connectivity index (χ4v) is 2.79. The monoisotopic (exact) mass is 360 g/mol. The van der Waals surface area contributed by atoms with Gasteiger partial charge in [0.05, 0.1) is 4.92 Å². The molecule has 0 aliphatic heterocycles. The number of non-ortho nitro benzene ring substituents is 1. The Morgan fingerprint density at radius 3 is 2.60 bits per heavy atom. The molecule has 2 aromatic rings. The smallest absolute Gasteiger partial charge is 0.319 e. The highest BCUT2D eigenvalue weighted by molar-refractivity contribution is 8.00. The number of benzene rings is 2. The molecule has 8 heteroatoms. The molecule has 0 unspecified atom stereocenters. The molecule has 0 heterocycles. The summed E-state index contributed by atoms with van der Waals surface area (Å²) < 4.78 is 4.98. The number of rotatable bonds is 7. The molecule has 2 aromatic carbocycles. The lowest BCUT2D eigenvalue weighted by Crippen LogP contribution is -2.24. The van der Waals surface area contributed by atoms with Gasteiger partial charge in [-0.05, 0) is 25.1 Å². The number of esters is 1. The Bertz CT molecular complexity index is 767. The van der Waals surface area contributed by atoms with Crippen LogP contribution in [0, 0.1) is 10.1 Å². The number of hydrogen-bond donors (Lipinski definition) is 1. The number of ether oxygens (including phenoxy) is 1. The van der Waals surface area contributed by atoms with Crippen molar-refractivity contribution in [1.82, 2.24) is 0 Å². The van der Waals surface area contributed by atoms with E-state index in [-0.39, 0.29) is 11.4 Å². The molecule has 0 aliphatic rings. The van der Waals surface area contributed by atoms with Crippen LogP contribution < -0.4 is 5.32 Å². The highest BCUT2D eigenvalue weighted by Crippen LogP contribution is 2.23. The number of anilines is 1. The molecule has 0 radical (unpaired) electrons. The van der Waals surface area contributed by atoms with E-state index in [1.165, 1.54) is 36.0 Å². The standard InChI is InChI=1S/C17H16N2O5S/c1-12(25-15-8-3-2-4-9-15)17(21)24-11-16(20)18-13-6-5-7-14(10-13)19(22)23/h2-10,12H,11H2,1H3,(H,18,20)/t12-/m0/s1. The van der Waals surface area contributed by atoms with E-state index in [0.717, 1.165) is 4.90 Å². The van der Waals surface area contributed by atoms with Gasteiger partial charge in [-0.2, -0.15) is 0 Å². The molecule has 7 nitrogen and oxygen atoms in total. The zero-order valence-corrected chi connectivity index (χ0v) is 14.2. The average molecular weight is 360 g/mol. The number of nitro benzene ring substituents is 1. The first-order chi connectivity index (χ1) is 12.0. The Morgan fingerprint density at radius 1 is 1.20 bits per heavy atom. The van der Waals surface area contributed by atoms with Gasteiger partial charge in [-0.25, -0.2) is 0 Å². The van der Waals surface area contributed by atoms with Gasteiger partial charge in [0.25, 0.3) is 11.6 Å². The summed E-state index contributed by atoms with van der Waals surface area (Å²) >= 11 is 1.33. The maximum atomic E-state index is 11.9. The number of nitrogens with zero attached hydrogens (tertiary/aromatic N) is 1. The molecule has 1 N–H and O–H groups in total. The average Bonchev–Trinajstić information content (AvgIpc) is 2.60. The van der Waals surface area contributed by atoms with Crippen molar-refractivity contribution in [3.05, 3.63) is 64.7 Å². The highest BCUT2D eigenvalue weighted by Gasteiger charge is 2.17. The minimum absolute atomic E-state index is 0.136. The van der Waals surface area contributed by atoms with Gasteiger partial charge in [-0.1, -0.05) is 24.3 Å². The third-order valence-corrected chi connectivity index (χ3v) is 4.16. The minimum atomic E-state index is -0.564. The van der Waals surface area contributed by atoms with Crippen molar-refractivity contribution in [3.63, 3.8) is 0 Å². The van der Waals surface area contributed by atoms with E-state index >= 15 is 0 Å². The molecule has 0 bridgehead atoms. The molecule has 2 rings (SSSR count). The Kier molecular flexibility index (Phi) is 6.53. The van der Waals surface area contributed by atoms with Crippen molar-refractivity contribution in [2.45, 2.75) is 17.1 Å². The third-order valence-electron chi connectivity index (χ3n) is 3.07. The summed E-state index contributed by atoms with van der Waals surface area (Å²) in [7, 11) is 0. The quantitative estimate of drug-likeness (QED) is 0.352. The second-order valence-corrected chi connectivity index (χ2v) is 6.45. The van der Waals surface area contributed by atoms with E-state index in [2.05, 4.69) is 5.32 Å². The van der Waals surface area contributed by atoms with Crippen LogP contribution in [-0.2, 0) is 14.3 Å². The largest absolute Gasteiger partial charge is 0.455 e.